The highest BCUT2D eigenvalue weighted by Crippen LogP contribution is 2.44. The Balaban J connectivity index is 2.74. The summed E-state index contributed by atoms with van der Waals surface area (Å²) < 4.78 is 11.3. The number of methoxy groups -OCH3 is 2. The van der Waals surface area contributed by atoms with E-state index in [9.17, 15) is 0 Å². The average molecular weight is 302 g/mol. The van der Waals surface area contributed by atoms with Crippen LogP contribution in [-0.4, -0.2) is 26.5 Å². The van der Waals surface area contributed by atoms with Crippen LogP contribution >= 0.6 is 7.92 Å². The van der Waals surface area contributed by atoms with Gasteiger partial charge in [0, 0.05) is 10.9 Å². The van der Waals surface area contributed by atoms with E-state index in [0.717, 1.165) is 23.8 Å². The fourth-order valence-corrected chi connectivity index (χ4v) is 4.74. The van der Waals surface area contributed by atoms with E-state index in [2.05, 4.69) is 38.1 Å². The first-order valence-corrected chi connectivity index (χ1v) is 9.03. The Hall–Kier alpha value is -1.53. The molecule has 2 aromatic carbocycles. The van der Waals surface area contributed by atoms with E-state index in [1.807, 2.05) is 18.2 Å². The van der Waals surface area contributed by atoms with Crippen molar-refractivity contribution in [3.63, 3.8) is 0 Å². The van der Waals surface area contributed by atoms with E-state index in [4.69, 9.17) is 9.47 Å². The molecule has 0 unspecified atom stereocenters. The van der Waals surface area contributed by atoms with Crippen molar-refractivity contribution in [1.29, 1.82) is 0 Å². The standard InChI is InChI=1S/C18H23O2P/c1-5-21(6-2)18-16(20-4)13-12-15(19-3)17(18)14-10-8-7-9-11-14/h7-13H,5-6H2,1-4H3. The number of ether oxygens (including phenoxy) is 2. The first-order valence-electron chi connectivity index (χ1n) is 7.32. The van der Waals surface area contributed by atoms with Gasteiger partial charge in [-0.3, -0.25) is 0 Å². The first kappa shape index (κ1) is 15.9. The van der Waals surface area contributed by atoms with Gasteiger partial charge in [0.25, 0.3) is 0 Å². The van der Waals surface area contributed by atoms with Crippen molar-refractivity contribution < 1.29 is 9.47 Å². The van der Waals surface area contributed by atoms with Crippen molar-refractivity contribution in [1.82, 2.24) is 0 Å². The zero-order chi connectivity index (χ0) is 15.2. The Morgan fingerprint density at radius 3 is 1.90 bits per heavy atom. The van der Waals surface area contributed by atoms with Gasteiger partial charge in [-0.2, -0.15) is 0 Å². The third kappa shape index (κ3) is 3.22. The predicted octanol–water partition coefficient (Wildman–Crippen LogP) is 4.52. The summed E-state index contributed by atoms with van der Waals surface area (Å²) >= 11 is 0. The van der Waals surface area contributed by atoms with Crippen molar-refractivity contribution in [2.45, 2.75) is 13.8 Å². The minimum atomic E-state index is -0.249. The molecule has 21 heavy (non-hydrogen) atoms. The highest BCUT2D eigenvalue weighted by Gasteiger charge is 2.21. The molecule has 0 spiro atoms. The molecule has 0 atom stereocenters. The van der Waals surface area contributed by atoms with E-state index in [-0.39, 0.29) is 7.92 Å². The molecule has 2 aromatic rings. The molecule has 0 saturated heterocycles. The highest BCUT2D eigenvalue weighted by atomic mass is 31.1. The summed E-state index contributed by atoms with van der Waals surface area (Å²) in [6, 6.07) is 14.5. The first-order chi connectivity index (χ1) is 10.3. The summed E-state index contributed by atoms with van der Waals surface area (Å²) in [4.78, 5) is 0. The minimum Gasteiger partial charge on any atom is -0.496 e. The zero-order valence-corrected chi connectivity index (χ0v) is 14.1. The fourth-order valence-electron chi connectivity index (χ4n) is 2.63. The molecule has 0 aliphatic rings. The summed E-state index contributed by atoms with van der Waals surface area (Å²) in [7, 11) is 3.23. The van der Waals surface area contributed by atoms with Crippen molar-refractivity contribution in [2.24, 2.45) is 0 Å². The molecule has 0 fully saturated rings. The van der Waals surface area contributed by atoms with Gasteiger partial charge in [-0.25, -0.2) is 0 Å². The minimum absolute atomic E-state index is 0.249. The van der Waals surface area contributed by atoms with Gasteiger partial charge in [0.2, 0.25) is 0 Å². The van der Waals surface area contributed by atoms with E-state index < -0.39 is 0 Å². The average Bonchev–Trinajstić information content (AvgIpc) is 2.56. The van der Waals surface area contributed by atoms with Crippen LogP contribution in [0.25, 0.3) is 11.1 Å². The molecule has 0 radical (unpaired) electrons. The van der Waals surface area contributed by atoms with Gasteiger partial charge in [-0.1, -0.05) is 52.1 Å². The Morgan fingerprint density at radius 1 is 0.810 bits per heavy atom. The fraction of sp³-hybridized carbons (Fsp3) is 0.333. The van der Waals surface area contributed by atoms with Crippen molar-refractivity contribution in [3.05, 3.63) is 42.5 Å². The van der Waals surface area contributed by atoms with Crippen molar-refractivity contribution >= 4 is 13.2 Å². The van der Waals surface area contributed by atoms with Gasteiger partial charge in [-0.05, 0) is 30.0 Å². The molecule has 2 nitrogen and oxygen atoms in total. The van der Waals surface area contributed by atoms with Crippen molar-refractivity contribution in [2.75, 3.05) is 26.5 Å². The molecular weight excluding hydrogens is 279 g/mol. The normalized spacial score (nSPS) is 10.7. The summed E-state index contributed by atoms with van der Waals surface area (Å²) in [5.74, 6) is 1.90. The van der Waals surface area contributed by atoms with Gasteiger partial charge < -0.3 is 9.47 Å². The van der Waals surface area contributed by atoms with Gasteiger partial charge in [0.15, 0.2) is 0 Å². The van der Waals surface area contributed by atoms with E-state index >= 15 is 0 Å². The molecular formula is C18H23O2P. The largest absolute Gasteiger partial charge is 0.496 e. The number of hydrogen-bond acceptors (Lipinski definition) is 2. The Morgan fingerprint density at radius 2 is 1.38 bits per heavy atom. The summed E-state index contributed by atoms with van der Waals surface area (Å²) in [6.07, 6.45) is 2.30. The summed E-state index contributed by atoms with van der Waals surface area (Å²) in [5.41, 5.74) is 2.38. The predicted molar refractivity (Wildman–Crippen MR) is 92.6 cm³/mol. The second kappa shape index (κ2) is 7.47. The van der Waals surface area contributed by atoms with Crippen LogP contribution in [-0.2, 0) is 0 Å². The number of hydrogen-bond donors (Lipinski definition) is 0. The lowest BCUT2D eigenvalue weighted by atomic mass is 10.0. The topological polar surface area (TPSA) is 18.5 Å². The molecule has 0 amide bonds. The van der Waals surface area contributed by atoms with Crippen LogP contribution < -0.4 is 14.8 Å². The molecule has 0 bridgehead atoms. The van der Waals surface area contributed by atoms with E-state index in [1.165, 1.54) is 16.4 Å². The third-order valence-corrected chi connectivity index (χ3v) is 6.29. The maximum absolute atomic E-state index is 5.65. The van der Waals surface area contributed by atoms with Gasteiger partial charge >= 0.3 is 0 Å². The molecule has 0 aliphatic heterocycles. The van der Waals surface area contributed by atoms with Gasteiger partial charge in [0.1, 0.15) is 11.5 Å². The molecule has 2 rings (SSSR count). The maximum atomic E-state index is 5.65. The molecule has 0 N–H and O–H groups in total. The molecule has 0 heterocycles. The van der Waals surface area contributed by atoms with Crippen LogP contribution in [0.1, 0.15) is 13.8 Å². The second-order valence-electron chi connectivity index (χ2n) is 4.73. The van der Waals surface area contributed by atoms with E-state index in [1.54, 1.807) is 14.2 Å². The quantitative estimate of drug-likeness (QED) is 0.731. The van der Waals surface area contributed by atoms with Crippen LogP contribution in [0.2, 0.25) is 0 Å². The van der Waals surface area contributed by atoms with Crippen molar-refractivity contribution in [3.8, 4) is 22.6 Å². The van der Waals surface area contributed by atoms with Crippen LogP contribution in [0.4, 0.5) is 0 Å². The van der Waals surface area contributed by atoms with Gasteiger partial charge in [0.05, 0.1) is 14.2 Å². The molecule has 112 valence electrons. The summed E-state index contributed by atoms with van der Waals surface area (Å²) in [5, 5.41) is 1.32. The third-order valence-electron chi connectivity index (χ3n) is 3.68. The second-order valence-corrected chi connectivity index (χ2v) is 7.52. The summed E-state index contributed by atoms with van der Waals surface area (Å²) in [6.45, 7) is 4.51. The number of benzene rings is 2. The molecule has 0 aromatic heterocycles. The SMILES string of the molecule is CCP(CC)c1c(OC)ccc(OC)c1-c1ccccc1. The van der Waals surface area contributed by atoms with Crippen LogP contribution in [0.15, 0.2) is 42.5 Å². The van der Waals surface area contributed by atoms with Crippen LogP contribution in [0, 0.1) is 0 Å². The Labute approximate surface area is 128 Å². The maximum Gasteiger partial charge on any atom is 0.127 e. The lowest BCUT2D eigenvalue weighted by Gasteiger charge is -2.23. The zero-order valence-electron chi connectivity index (χ0n) is 13.2. The van der Waals surface area contributed by atoms with Crippen LogP contribution in [0.3, 0.4) is 0 Å². The highest BCUT2D eigenvalue weighted by molar-refractivity contribution is 7.66. The lowest BCUT2D eigenvalue weighted by molar-refractivity contribution is 0.407. The molecule has 3 heteroatoms. The van der Waals surface area contributed by atoms with E-state index in [0.29, 0.717) is 0 Å². The van der Waals surface area contributed by atoms with Gasteiger partial charge in [-0.15, -0.1) is 0 Å². The molecule has 0 saturated carbocycles. The Bertz CT molecular complexity index is 577. The van der Waals surface area contributed by atoms with Crippen LogP contribution in [0.5, 0.6) is 11.5 Å². The lowest BCUT2D eigenvalue weighted by Crippen LogP contribution is -2.13. The Kier molecular flexibility index (Phi) is 5.64. The monoisotopic (exact) mass is 302 g/mol. The number of rotatable bonds is 6. The smallest absolute Gasteiger partial charge is 0.127 e. The molecule has 0 aliphatic carbocycles.